The van der Waals surface area contributed by atoms with E-state index in [1.165, 1.54) is 11.2 Å². The van der Waals surface area contributed by atoms with Gasteiger partial charge in [-0.25, -0.2) is 14.1 Å². The summed E-state index contributed by atoms with van der Waals surface area (Å²) in [4.78, 5) is 36.8. The Kier molecular flexibility index (Phi) is 5.12. The van der Waals surface area contributed by atoms with Gasteiger partial charge in [0.15, 0.2) is 6.29 Å². The highest BCUT2D eigenvalue weighted by molar-refractivity contribution is 5.89. The van der Waals surface area contributed by atoms with E-state index in [-0.39, 0.29) is 22.5 Å². The number of carbonyl (C=O) groups is 3. The van der Waals surface area contributed by atoms with Crippen molar-refractivity contribution in [1.82, 2.24) is 9.38 Å². The Morgan fingerprint density at radius 1 is 1.36 bits per heavy atom. The second-order valence-electron chi connectivity index (χ2n) is 7.40. The van der Waals surface area contributed by atoms with Crippen molar-refractivity contribution in [1.29, 1.82) is 0 Å². The summed E-state index contributed by atoms with van der Waals surface area (Å²) >= 11 is 0. The minimum absolute atomic E-state index is 0.000404. The quantitative estimate of drug-likeness (QED) is 0.633. The van der Waals surface area contributed by atoms with Crippen molar-refractivity contribution in [2.24, 2.45) is 0 Å². The Bertz CT molecular complexity index is 935. The van der Waals surface area contributed by atoms with E-state index in [0.29, 0.717) is 30.6 Å². The van der Waals surface area contributed by atoms with Gasteiger partial charge in [0.2, 0.25) is 0 Å². The molecule has 0 fully saturated rings. The van der Waals surface area contributed by atoms with Crippen molar-refractivity contribution in [2.75, 3.05) is 13.6 Å². The second-order valence-corrected chi connectivity index (χ2v) is 7.40. The third kappa shape index (κ3) is 3.01. The molecule has 28 heavy (non-hydrogen) atoms. The van der Waals surface area contributed by atoms with Crippen LogP contribution in [-0.2, 0) is 4.79 Å². The molecule has 2 aromatic rings. The number of hydrogen-bond acceptors (Lipinski definition) is 4. The Morgan fingerprint density at radius 2 is 2.07 bits per heavy atom. The number of quaternary nitrogens is 1. The number of hydrogen-bond donors (Lipinski definition) is 1. The van der Waals surface area contributed by atoms with Crippen LogP contribution in [0.1, 0.15) is 49.2 Å². The van der Waals surface area contributed by atoms with Crippen LogP contribution in [0, 0.1) is 0 Å². The predicted molar refractivity (Wildman–Crippen MR) is 105 cm³/mol. The zero-order chi connectivity index (χ0) is 20.6. The number of aldehydes is 1. The van der Waals surface area contributed by atoms with Crippen molar-refractivity contribution in [3.05, 3.63) is 41.7 Å². The first-order valence-corrected chi connectivity index (χ1v) is 9.29. The lowest BCUT2D eigenvalue weighted by Gasteiger charge is -2.45. The molecular weight excluding hydrogens is 360 g/mol. The van der Waals surface area contributed by atoms with E-state index in [0.717, 1.165) is 16.8 Å². The maximum absolute atomic E-state index is 12.6. The molecule has 1 unspecified atom stereocenters. The van der Waals surface area contributed by atoms with Crippen molar-refractivity contribution in [2.45, 2.75) is 39.3 Å². The van der Waals surface area contributed by atoms with Crippen LogP contribution in [0.15, 0.2) is 34.9 Å². The molecule has 7 heteroatoms. The van der Waals surface area contributed by atoms with Crippen LogP contribution in [0.5, 0.6) is 0 Å². The van der Waals surface area contributed by atoms with Crippen LogP contribution in [0.2, 0.25) is 0 Å². The summed E-state index contributed by atoms with van der Waals surface area (Å²) in [6.45, 7) is 5.69. The van der Waals surface area contributed by atoms with Gasteiger partial charge < -0.3 is 14.4 Å². The molecule has 0 radical (unpaired) electrons. The third-order valence-electron chi connectivity index (χ3n) is 5.99. The van der Waals surface area contributed by atoms with Gasteiger partial charge in [-0.15, -0.1) is 0 Å². The molecule has 2 heterocycles. The zero-order valence-corrected chi connectivity index (χ0v) is 16.5. The van der Waals surface area contributed by atoms with Crippen LogP contribution in [-0.4, -0.2) is 47.9 Å². The maximum Gasteiger partial charge on any atom is 0.407 e. The average molecular weight is 385 g/mol. The molecule has 0 saturated heterocycles. The highest BCUT2D eigenvalue weighted by Gasteiger charge is 2.47. The van der Waals surface area contributed by atoms with E-state index in [1.807, 2.05) is 32.2 Å². The number of amides is 2. The molecule has 0 aliphatic carbocycles. The lowest BCUT2D eigenvalue weighted by Crippen LogP contribution is -2.60. The first-order chi connectivity index (χ1) is 13.2. The lowest BCUT2D eigenvalue weighted by atomic mass is 9.87. The standard InChI is InChI=1S/C21H24N2O5/c1-5-22(21(26)27)18-8-13(2)23(4,14(3)25)19-7-6-16(10-17(18)19)20-9-15(11-24)12-28-20/h6-7,9-13,18H,5,8H2,1-4H3/p+1/t13-,18?,23+/m0/s1. The molecule has 0 bridgehead atoms. The van der Waals surface area contributed by atoms with E-state index in [4.69, 9.17) is 4.42 Å². The highest BCUT2D eigenvalue weighted by Crippen LogP contribution is 2.45. The molecule has 0 saturated carbocycles. The zero-order valence-electron chi connectivity index (χ0n) is 16.5. The molecule has 1 aromatic heterocycles. The van der Waals surface area contributed by atoms with Crippen LogP contribution in [0.4, 0.5) is 10.5 Å². The number of fused-ring (bicyclic) bond motifs is 1. The second kappa shape index (κ2) is 7.24. The Hall–Kier alpha value is -2.93. The fourth-order valence-corrected chi connectivity index (χ4v) is 4.12. The number of nitrogens with zero attached hydrogens (tertiary/aromatic N) is 2. The molecule has 3 rings (SSSR count). The number of carbonyl (C=O) groups excluding carboxylic acids is 2. The molecule has 7 nitrogen and oxygen atoms in total. The van der Waals surface area contributed by atoms with Gasteiger partial charge in [-0.3, -0.25) is 4.79 Å². The number of rotatable bonds is 4. The van der Waals surface area contributed by atoms with E-state index >= 15 is 0 Å². The fourth-order valence-electron chi connectivity index (χ4n) is 4.12. The van der Waals surface area contributed by atoms with Crippen LogP contribution >= 0.6 is 0 Å². The van der Waals surface area contributed by atoms with Gasteiger partial charge in [0.1, 0.15) is 17.7 Å². The molecule has 148 valence electrons. The molecule has 0 spiro atoms. The van der Waals surface area contributed by atoms with E-state index in [9.17, 15) is 19.5 Å². The average Bonchev–Trinajstić information content (AvgIpc) is 3.14. The predicted octanol–water partition coefficient (Wildman–Crippen LogP) is 4.08. The summed E-state index contributed by atoms with van der Waals surface area (Å²) < 4.78 is 5.60. The summed E-state index contributed by atoms with van der Waals surface area (Å²) in [5.74, 6) is 0.525. The van der Waals surface area contributed by atoms with Crippen molar-refractivity contribution >= 4 is 24.0 Å². The number of carboxylic acid groups (broad SMARTS) is 1. The summed E-state index contributed by atoms with van der Waals surface area (Å²) in [5.41, 5.74) is 2.76. The van der Waals surface area contributed by atoms with Gasteiger partial charge in [-0.05, 0) is 32.0 Å². The monoisotopic (exact) mass is 385 g/mol. The van der Waals surface area contributed by atoms with Crippen molar-refractivity contribution in [3.63, 3.8) is 0 Å². The minimum atomic E-state index is -0.990. The summed E-state index contributed by atoms with van der Waals surface area (Å²) in [6.07, 6.45) is 1.64. The van der Waals surface area contributed by atoms with Gasteiger partial charge in [-0.2, -0.15) is 0 Å². The van der Waals surface area contributed by atoms with Gasteiger partial charge in [0.25, 0.3) is 0 Å². The summed E-state index contributed by atoms with van der Waals surface area (Å²) in [5, 5.41) is 9.69. The van der Waals surface area contributed by atoms with Crippen LogP contribution < -0.4 is 4.48 Å². The van der Waals surface area contributed by atoms with Gasteiger partial charge in [0.05, 0.1) is 31.6 Å². The Labute approximate surface area is 163 Å². The van der Waals surface area contributed by atoms with Gasteiger partial charge in [0, 0.05) is 30.2 Å². The van der Waals surface area contributed by atoms with Crippen molar-refractivity contribution in [3.8, 4) is 11.3 Å². The van der Waals surface area contributed by atoms with Crippen LogP contribution in [0.25, 0.3) is 11.3 Å². The Balaban J connectivity index is 2.21. The summed E-state index contributed by atoms with van der Waals surface area (Å²) in [7, 11) is 1.87. The highest BCUT2D eigenvalue weighted by atomic mass is 16.4. The molecule has 1 N–H and O–H groups in total. The molecule has 1 aliphatic heterocycles. The Morgan fingerprint density at radius 3 is 2.61 bits per heavy atom. The summed E-state index contributed by atoms with van der Waals surface area (Å²) in [6, 6.07) is 6.80. The van der Waals surface area contributed by atoms with Crippen LogP contribution in [0.3, 0.4) is 0 Å². The first kappa shape index (κ1) is 19.8. The van der Waals surface area contributed by atoms with Crippen molar-refractivity contribution < 1.29 is 23.9 Å². The third-order valence-corrected chi connectivity index (χ3v) is 5.99. The topological polar surface area (TPSA) is 87.8 Å². The fraction of sp³-hybridized carbons (Fsp3) is 0.381. The molecule has 1 aromatic carbocycles. The van der Waals surface area contributed by atoms with Gasteiger partial charge >= 0.3 is 12.0 Å². The smallest absolute Gasteiger partial charge is 0.407 e. The molecule has 1 aliphatic rings. The van der Waals surface area contributed by atoms with E-state index in [1.54, 1.807) is 19.9 Å². The number of benzene rings is 1. The maximum atomic E-state index is 12.6. The number of furan rings is 1. The van der Waals surface area contributed by atoms with E-state index in [2.05, 4.69) is 0 Å². The SMILES string of the molecule is CCN(C(=O)O)C1C[C@H](C)[N@+](C)(C(C)=O)c2ccc(-c3cc(C=O)co3)cc21. The molecular formula is C21H25N2O5+. The normalized spacial score (nSPS) is 23.7. The van der Waals surface area contributed by atoms with Gasteiger partial charge in [-0.1, -0.05) is 0 Å². The molecule has 2 amide bonds. The molecule has 3 atom stereocenters. The largest absolute Gasteiger partial charge is 0.465 e. The van der Waals surface area contributed by atoms with E-state index < -0.39 is 6.09 Å². The lowest BCUT2D eigenvalue weighted by molar-refractivity contribution is -0.129. The first-order valence-electron chi connectivity index (χ1n) is 9.29. The minimum Gasteiger partial charge on any atom is -0.465 e.